The van der Waals surface area contributed by atoms with Crippen molar-refractivity contribution in [2.24, 2.45) is 0 Å². The van der Waals surface area contributed by atoms with Crippen LogP contribution in [0.25, 0.3) is 0 Å². The maximum Gasteiger partial charge on any atom is 0.0445 e. The van der Waals surface area contributed by atoms with Gasteiger partial charge in [0.2, 0.25) is 0 Å². The Kier molecular flexibility index (Phi) is 6.57. The fourth-order valence-electron chi connectivity index (χ4n) is 1.08. The van der Waals surface area contributed by atoms with Crippen molar-refractivity contribution in [1.29, 1.82) is 0 Å². The van der Waals surface area contributed by atoms with E-state index in [0.717, 1.165) is 19.3 Å². The summed E-state index contributed by atoms with van der Waals surface area (Å²) in [6.45, 7) is 6.79. The third-order valence-electron chi connectivity index (χ3n) is 2.10. The fourth-order valence-corrected chi connectivity index (χ4v) is 1.08. The first-order chi connectivity index (χ1) is 5.24. The molecule has 0 spiro atoms. The Morgan fingerprint density at radius 1 is 1.27 bits per heavy atom. The molecule has 0 radical (unpaired) electrons. The molecular weight excluding hydrogens is 138 g/mol. The van der Waals surface area contributed by atoms with E-state index in [4.69, 9.17) is 5.11 Å². The molecule has 2 nitrogen and oxygen atoms in total. The zero-order chi connectivity index (χ0) is 8.69. The molecule has 0 heterocycles. The molecule has 0 aromatic heterocycles. The molecule has 0 aliphatic carbocycles. The van der Waals surface area contributed by atoms with E-state index in [2.05, 4.69) is 26.1 Å². The van der Waals surface area contributed by atoms with Gasteiger partial charge in [-0.1, -0.05) is 13.8 Å². The summed E-state index contributed by atoms with van der Waals surface area (Å²) in [6, 6.07) is 1.07. The van der Waals surface area contributed by atoms with Gasteiger partial charge in [-0.05, 0) is 26.2 Å². The Labute approximate surface area is 70.0 Å². The third kappa shape index (κ3) is 5.22. The monoisotopic (exact) mass is 159 g/mol. The van der Waals surface area contributed by atoms with E-state index in [1.54, 1.807) is 0 Å². The molecule has 68 valence electrons. The van der Waals surface area contributed by atoms with Crippen molar-refractivity contribution in [2.75, 3.05) is 6.61 Å². The molecule has 0 aromatic carbocycles. The molecule has 0 aliphatic heterocycles. The summed E-state index contributed by atoms with van der Waals surface area (Å²) in [5, 5.41) is 12.2. The van der Waals surface area contributed by atoms with E-state index in [1.807, 2.05) is 0 Å². The lowest BCUT2D eigenvalue weighted by molar-refractivity contribution is 0.256. The summed E-state index contributed by atoms with van der Waals surface area (Å²) in [7, 11) is 0. The Hall–Kier alpha value is -0.0800. The Morgan fingerprint density at radius 3 is 2.27 bits per heavy atom. The molecule has 2 atom stereocenters. The van der Waals surface area contributed by atoms with Gasteiger partial charge in [-0.15, -0.1) is 0 Å². The van der Waals surface area contributed by atoms with Crippen LogP contribution in [0.5, 0.6) is 0 Å². The minimum Gasteiger partial charge on any atom is -0.396 e. The molecule has 0 rings (SSSR count). The van der Waals surface area contributed by atoms with Gasteiger partial charge < -0.3 is 10.4 Å². The lowest BCUT2D eigenvalue weighted by atomic mass is 10.1. The quantitative estimate of drug-likeness (QED) is 0.616. The molecule has 0 amide bonds. The molecule has 2 N–H and O–H groups in total. The van der Waals surface area contributed by atoms with E-state index >= 15 is 0 Å². The number of nitrogens with one attached hydrogen (secondary N) is 1. The Morgan fingerprint density at radius 2 is 1.91 bits per heavy atom. The number of aliphatic hydroxyl groups excluding tert-OH is 1. The van der Waals surface area contributed by atoms with Crippen molar-refractivity contribution >= 4 is 0 Å². The molecule has 2 unspecified atom stereocenters. The van der Waals surface area contributed by atoms with Gasteiger partial charge in [0.1, 0.15) is 0 Å². The summed E-state index contributed by atoms with van der Waals surface area (Å²) in [5.41, 5.74) is 0. The zero-order valence-corrected chi connectivity index (χ0v) is 7.93. The lowest BCUT2D eigenvalue weighted by Gasteiger charge is -2.20. The molecule has 0 fully saturated rings. The molecule has 2 heteroatoms. The van der Waals surface area contributed by atoms with E-state index < -0.39 is 0 Å². The van der Waals surface area contributed by atoms with E-state index in [1.165, 1.54) is 0 Å². The highest BCUT2D eigenvalue weighted by atomic mass is 16.3. The van der Waals surface area contributed by atoms with Gasteiger partial charge in [0.25, 0.3) is 0 Å². The topological polar surface area (TPSA) is 32.3 Å². The summed E-state index contributed by atoms with van der Waals surface area (Å²) in [4.78, 5) is 0. The Bertz CT molecular complexity index is 85.6. The van der Waals surface area contributed by atoms with Crippen LogP contribution >= 0.6 is 0 Å². The first-order valence-electron chi connectivity index (χ1n) is 4.61. The molecule has 0 aliphatic rings. The van der Waals surface area contributed by atoms with E-state index in [0.29, 0.717) is 18.7 Å². The average Bonchev–Trinajstić information content (AvgIpc) is 2.03. The van der Waals surface area contributed by atoms with Crippen molar-refractivity contribution in [1.82, 2.24) is 5.32 Å². The maximum absolute atomic E-state index is 8.71. The van der Waals surface area contributed by atoms with Crippen LogP contribution < -0.4 is 5.32 Å². The smallest absolute Gasteiger partial charge is 0.0445 e. The normalized spacial score (nSPS) is 16.4. The fraction of sp³-hybridized carbons (Fsp3) is 1.00. The third-order valence-corrected chi connectivity index (χ3v) is 2.10. The first-order valence-corrected chi connectivity index (χ1v) is 4.61. The lowest BCUT2D eigenvalue weighted by Crippen LogP contribution is -2.36. The van der Waals surface area contributed by atoms with Crippen LogP contribution in [0.4, 0.5) is 0 Å². The van der Waals surface area contributed by atoms with Gasteiger partial charge in [-0.3, -0.25) is 0 Å². The van der Waals surface area contributed by atoms with E-state index in [-0.39, 0.29) is 0 Å². The summed E-state index contributed by atoms with van der Waals surface area (Å²) < 4.78 is 0. The van der Waals surface area contributed by atoms with Crippen LogP contribution in [-0.4, -0.2) is 23.8 Å². The number of aliphatic hydroxyl groups is 1. The zero-order valence-electron chi connectivity index (χ0n) is 7.93. The molecule has 0 bridgehead atoms. The number of hydrogen-bond acceptors (Lipinski definition) is 2. The van der Waals surface area contributed by atoms with Gasteiger partial charge >= 0.3 is 0 Å². The van der Waals surface area contributed by atoms with Crippen LogP contribution in [0.1, 0.15) is 40.0 Å². The second kappa shape index (κ2) is 6.62. The van der Waals surface area contributed by atoms with Gasteiger partial charge in [0.15, 0.2) is 0 Å². The highest BCUT2D eigenvalue weighted by Crippen LogP contribution is 1.99. The van der Waals surface area contributed by atoms with Crippen LogP contribution in [0, 0.1) is 0 Å². The van der Waals surface area contributed by atoms with Gasteiger partial charge in [0.05, 0.1) is 0 Å². The molecule has 0 aromatic rings. The minimum atomic E-state index is 0.294. The molecule has 11 heavy (non-hydrogen) atoms. The summed E-state index contributed by atoms with van der Waals surface area (Å²) >= 11 is 0. The first kappa shape index (κ1) is 10.9. The average molecular weight is 159 g/mol. The van der Waals surface area contributed by atoms with Crippen molar-refractivity contribution < 1.29 is 5.11 Å². The van der Waals surface area contributed by atoms with Gasteiger partial charge in [0, 0.05) is 18.7 Å². The maximum atomic E-state index is 8.71. The molecular formula is C9H21NO. The highest BCUT2D eigenvalue weighted by molar-refractivity contribution is 4.68. The standard InChI is InChI=1S/C9H21NO/c1-4-8(3)10-9(5-2)6-7-11/h8-11H,4-7H2,1-3H3. The van der Waals surface area contributed by atoms with Crippen LogP contribution in [0.15, 0.2) is 0 Å². The van der Waals surface area contributed by atoms with Gasteiger partial charge in [-0.2, -0.15) is 0 Å². The van der Waals surface area contributed by atoms with Crippen LogP contribution in [0.3, 0.4) is 0 Å². The van der Waals surface area contributed by atoms with Crippen molar-refractivity contribution in [3.05, 3.63) is 0 Å². The second-order valence-electron chi connectivity index (χ2n) is 3.09. The second-order valence-corrected chi connectivity index (χ2v) is 3.09. The summed E-state index contributed by atoms with van der Waals surface area (Å²) in [5.74, 6) is 0. The van der Waals surface area contributed by atoms with Gasteiger partial charge in [-0.25, -0.2) is 0 Å². The number of rotatable bonds is 6. The predicted octanol–water partition coefficient (Wildman–Crippen LogP) is 1.54. The SMILES string of the molecule is CCC(C)NC(CC)CCO. The predicted molar refractivity (Wildman–Crippen MR) is 48.7 cm³/mol. The van der Waals surface area contributed by atoms with E-state index in [9.17, 15) is 0 Å². The molecule has 0 saturated carbocycles. The van der Waals surface area contributed by atoms with Crippen molar-refractivity contribution in [2.45, 2.75) is 52.1 Å². The summed E-state index contributed by atoms with van der Waals surface area (Å²) in [6.07, 6.45) is 3.13. The number of hydrogen-bond donors (Lipinski definition) is 2. The minimum absolute atomic E-state index is 0.294. The van der Waals surface area contributed by atoms with Crippen LogP contribution in [0.2, 0.25) is 0 Å². The van der Waals surface area contributed by atoms with Crippen LogP contribution in [-0.2, 0) is 0 Å². The largest absolute Gasteiger partial charge is 0.396 e. The van der Waals surface area contributed by atoms with Crippen molar-refractivity contribution in [3.63, 3.8) is 0 Å². The highest BCUT2D eigenvalue weighted by Gasteiger charge is 2.07. The van der Waals surface area contributed by atoms with Crippen molar-refractivity contribution in [3.8, 4) is 0 Å². The molecule has 0 saturated heterocycles. The Balaban J connectivity index is 3.49.